The monoisotopic (exact) mass is 378 g/mol. The van der Waals surface area contributed by atoms with Crippen molar-refractivity contribution in [1.29, 1.82) is 0 Å². The minimum absolute atomic E-state index is 0.0634. The highest BCUT2D eigenvalue weighted by molar-refractivity contribution is 9.10. The lowest BCUT2D eigenvalue weighted by molar-refractivity contribution is -0.135. The van der Waals surface area contributed by atoms with Gasteiger partial charge in [-0.25, -0.2) is 0 Å². The van der Waals surface area contributed by atoms with E-state index in [1.165, 1.54) is 4.90 Å². The van der Waals surface area contributed by atoms with Gasteiger partial charge in [0.05, 0.1) is 15.7 Å². The van der Waals surface area contributed by atoms with Gasteiger partial charge in [-0.3, -0.25) is 14.5 Å². The van der Waals surface area contributed by atoms with Crippen LogP contribution in [-0.2, 0) is 9.59 Å². The third-order valence-electron chi connectivity index (χ3n) is 3.45. The van der Waals surface area contributed by atoms with Crippen LogP contribution in [0.3, 0.4) is 0 Å². The first kappa shape index (κ1) is 15.6. The summed E-state index contributed by atoms with van der Waals surface area (Å²) in [6.45, 7) is 3.48. The van der Waals surface area contributed by atoms with Crippen LogP contribution in [0.1, 0.15) is 20.3 Å². The first-order valence-corrected chi connectivity index (χ1v) is 7.61. The normalized spacial score (nSPS) is 22.9. The molecule has 0 saturated carbocycles. The number of carbonyl (C=O) groups excluding carboxylic acids is 2. The summed E-state index contributed by atoms with van der Waals surface area (Å²) in [6, 6.07) is 3.37. The van der Waals surface area contributed by atoms with Crippen molar-refractivity contribution in [2.24, 2.45) is 0 Å². The number of anilines is 1. The zero-order valence-electron chi connectivity index (χ0n) is 11.0. The molecule has 2 amide bonds. The van der Waals surface area contributed by atoms with E-state index < -0.39 is 5.54 Å². The van der Waals surface area contributed by atoms with Crippen molar-refractivity contribution in [3.63, 3.8) is 0 Å². The number of rotatable bonds is 2. The highest BCUT2D eigenvalue weighted by Gasteiger charge is 2.42. The largest absolute Gasteiger partial charge is 0.340 e. The molecule has 0 aliphatic carbocycles. The van der Waals surface area contributed by atoms with Gasteiger partial charge in [-0.1, -0.05) is 30.1 Å². The second-order valence-corrected chi connectivity index (χ2v) is 6.43. The average Bonchev–Trinajstić information content (AvgIpc) is 2.41. The molecule has 1 heterocycles. The summed E-state index contributed by atoms with van der Waals surface area (Å²) in [5, 5.41) is 3.29. The van der Waals surface area contributed by atoms with Crippen LogP contribution in [0.2, 0.25) is 10.0 Å². The smallest absolute Gasteiger partial charge is 0.252 e. The van der Waals surface area contributed by atoms with Crippen LogP contribution >= 0.6 is 39.1 Å². The molecule has 1 aliphatic rings. The third-order valence-corrected chi connectivity index (χ3v) is 5.21. The van der Waals surface area contributed by atoms with Crippen LogP contribution in [0.5, 0.6) is 0 Å². The standard InChI is InChI=1S/C13H13BrCl2N2O2/c1-3-13(2)12(20)18(6-9(19)17-13)8-5-4-7(14)10(15)11(8)16/h4-5H,3,6H2,1-2H3,(H,17,19). The highest BCUT2D eigenvalue weighted by Crippen LogP contribution is 2.39. The van der Waals surface area contributed by atoms with Gasteiger partial charge in [0.1, 0.15) is 12.1 Å². The first-order valence-electron chi connectivity index (χ1n) is 6.06. The Hall–Kier alpha value is -0.780. The van der Waals surface area contributed by atoms with Crippen LogP contribution in [-0.4, -0.2) is 23.9 Å². The average molecular weight is 380 g/mol. The van der Waals surface area contributed by atoms with Gasteiger partial charge < -0.3 is 5.32 Å². The maximum atomic E-state index is 12.6. The van der Waals surface area contributed by atoms with Crippen molar-refractivity contribution in [3.05, 3.63) is 26.7 Å². The molecule has 4 nitrogen and oxygen atoms in total. The minimum Gasteiger partial charge on any atom is -0.340 e. The van der Waals surface area contributed by atoms with Crippen LogP contribution in [0.4, 0.5) is 5.69 Å². The molecule has 1 aromatic rings. The summed E-state index contributed by atoms with van der Waals surface area (Å²) in [5.41, 5.74) is -0.475. The number of hydrogen-bond donors (Lipinski definition) is 1. The molecule has 2 rings (SSSR count). The van der Waals surface area contributed by atoms with Crippen LogP contribution in [0, 0.1) is 0 Å². The van der Waals surface area contributed by atoms with Crippen molar-refractivity contribution in [2.75, 3.05) is 11.4 Å². The van der Waals surface area contributed by atoms with E-state index in [1.807, 2.05) is 6.92 Å². The second-order valence-electron chi connectivity index (χ2n) is 4.82. The van der Waals surface area contributed by atoms with Gasteiger partial charge in [-0.05, 0) is 41.4 Å². The number of nitrogens with zero attached hydrogens (tertiary/aromatic N) is 1. The molecule has 7 heteroatoms. The molecule has 1 atom stereocenters. The summed E-state index contributed by atoms with van der Waals surface area (Å²) >= 11 is 15.5. The summed E-state index contributed by atoms with van der Waals surface area (Å²) in [5.74, 6) is -0.413. The zero-order chi connectivity index (χ0) is 15.1. The molecule has 20 heavy (non-hydrogen) atoms. The van der Waals surface area contributed by atoms with Gasteiger partial charge in [0, 0.05) is 4.47 Å². The fraction of sp³-hybridized carbons (Fsp3) is 0.385. The predicted octanol–water partition coefficient (Wildman–Crippen LogP) is 3.39. The highest BCUT2D eigenvalue weighted by atomic mass is 79.9. The second kappa shape index (κ2) is 5.54. The lowest BCUT2D eigenvalue weighted by atomic mass is 9.94. The Morgan fingerprint density at radius 1 is 1.35 bits per heavy atom. The van der Waals surface area contributed by atoms with Crippen LogP contribution < -0.4 is 10.2 Å². The number of hydrogen-bond acceptors (Lipinski definition) is 2. The minimum atomic E-state index is -0.918. The van der Waals surface area contributed by atoms with Crippen LogP contribution in [0.25, 0.3) is 0 Å². The lowest BCUT2D eigenvalue weighted by Gasteiger charge is -2.39. The summed E-state index contributed by atoms with van der Waals surface area (Å²) in [4.78, 5) is 25.8. The Morgan fingerprint density at radius 3 is 2.60 bits per heavy atom. The van der Waals surface area contributed by atoms with Gasteiger partial charge in [0.2, 0.25) is 5.91 Å². The van der Waals surface area contributed by atoms with Gasteiger partial charge in [-0.2, -0.15) is 0 Å². The summed E-state index contributed by atoms with van der Waals surface area (Å²) in [6.07, 6.45) is 0.496. The molecular weight excluding hydrogens is 367 g/mol. The van der Waals surface area contributed by atoms with E-state index in [1.54, 1.807) is 19.1 Å². The molecule has 108 valence electrons. The van der Waals surface area contributed by atoms with E-state index >= 15 is 0 Å². The number of carbonyl (C=O) groups is 2. The summed E-state index contributed by atoms with van der Waals surface area (Å²) in [7, 11) is 0. The molecule has 1 aromatic carbocycles. The van der Waals surface area contributed by atoms with E-state index in [9.17, 15) is 9.59 Å². The number of piperazine rings is 1. The molecule has 1 fully saturated rings. The molecule has 0 bridgehead atoms. The van der Waals surface area contributed by atoms with E-state index in [-0.39, 0.29) is 23.4 Å². The van der Waals surface area contributed by atoms with Gasteiger partial charge in [0.25, 0.3) is 5.91 Å². The number of nitrogens with one attached hydrogen (secondary N) is 1. The topological polar surface area (TPSA) is 49.4 Å². The van der Waals surface area contributed by atoms with E-state index in [0.717, 1.165) is 0 Å². The Balaban J connectivity index is 2.49. The van der Waals surface area contributed by atoms with Crippen molar-refractivity contribution in [1.82, 2.24) is 5.32 Å². The molecule has 0 aromatic heterocycles. The maximum absolute atomic E-state index is 12.6. The Bertz CT molecular complexity index is 594. The Labute approximate surface area is 135 Å². The lowest BCUT2D eigenvalue weighted by Crippen LogP contribution is -2.65. The fourth-order valence-electron chi connectivity index (χ4n) is 2.07. The van der Waals surface area contributed by atoms with Crippen molar-refractivity contribution in [3.8, 4) is 0 Å². The van der Waals surface area contributed by atoms with E-state index in [2.05, 4.69) is 21.2 Å². The summed E-state index contributed by atoms with van der Waals surface area (Å²) < 4.78 is 0.639. The quantitative estimate of drug-likeness (QED) is 0.800. The number of benzene rings is 1. The molecule has 1 saturated heterocycles. The Morgan fingerprint density at radius 2 is 2.00 bits per heavy atom. The molecule has 1 unspecified atom stereocenters. The van der Waals surface area contributed by atoms with E-state index in [0.29, 0.717) is 21.6 Å². The molecular formula is C13H13BrCl2N2O2. The van der Waals surface area contributed by atoms with Gasteiger partial charge in [0.15, 0.2) is 0 Å². The Kier molecular flexibility index (Phi) is 4.33. The van der Waals surface area contributed by atoms with Crippen molar-refractivity contribution < 1.29 is 9.59 Å². The molecule has 1 aliphatic heterocycles. The first-order chi connectivity index (χ1) is 9.30. The van der Waals surface area contributed by atoms with Gasteiger partial charge in [-0.15, -0.1) is 0 Å². The van der Waals surface area contributed by atoms with E-state index in [4.69, 9.17) is 23.2 Å². The van der Waals surface area contributed by atoms with Gasteiger partial charge >= 0.3 is 0 Å². The zero-order valence-corrected chi connectivity index (χ0v) is 14.1. The molecule has 0 radical (unpaired) electrons. The van der Waals surface area contributed by atoms with Crippen molar-refractivity contribution in [2.45, 2.75) is 25.8 Å². The SMILES string of the molecule is CCC1(C)NC(=O)CN(c2ccc(Br)c(Cl)c2Cl)C1=O. The van der Waals surface area contributed by atoms with Crippen LogP contribution in [0.15, 0.2) is 16.6 Å². The predicted molar refractivity (Wildman–Crippen MR) is 83.4 cm³/mol. The molecule has 0 spiro atoms. The number of halogens is 3. The molecule has 1 N–H and O–H groups in total. The maximum Gasteiger partial charge on any atom is 0.252 e. The fourth-order valence-corrected chi connectivity index (χ4v) is 2.94. The third kappa shape index (κ3) is 2.54. The number of amides is 2. The van der Waals surface area contributed by atoms with Crippen molar-refractivity contribution >= 4 is 56.6 Å².